The van der Waals surface area contributed by atoms with Gasteiger partial charge in [0.2, 0.25) is 10.0 Å². The second-order valence-corrected chi connectivity index (χ2v) is 5.61. The molecule has 4 N–H and O–H groups in total. The maximum atomic E-state index is 13.6. The number of nitrogens with two attached hydrogens (primary N) is 1. The van der Waals surface area contributed by atoms with Gasteiger partial charge in [-0.2, -0.15) is 5.21 Å². The van der Waals surface area contributed by atoms with Crippen LogP contribution >= 0.6 is 0 Å². The van der Waals surface area contributed by atoms with Gasteiger partial charge in [0.1, 0.15) is 4.90 Å². The van der Waals surface area contributed by atoms with Crippen molar-refractivity contribution in [3.63, 3.8) is 0 Å². The number of nitrogens with one attached hydrogen (secondary N) is 2. The van der Waals surface area contributed by atoms with Crippen LogP contribution in [0.15, 0.2) is 17.0 Å². The number of hydrogen-bond acceptors (Lipinski definition) is 6. The van der Waals surface area contributed by atoms with Crippen molar-refractivity contribution in [1.82, 2.24) is 25.3 Å². The monoisotopic (exact) mass is 304 g/mol. The molecular formula is C9H10F2N6O2S. The largest absolute Gasteiger partial charge is 0.399 e. The van der Waals surface area contributed by atoms with Gasteiger partial charge >= 0.3 is 0 Å². The van der Waals surface area contributed by atoms with Crippen molar-refractivity contribution in [1.29, 1.82) is 0 Å². The minimum absolute atomic E-state index is 0.0540. The van der Waals surface area contributed by atoms with Crippen LogP contribution in [-0.4, -0.2) is 29.0 Å². The number of aromatic amines is 1. The number of anilines is 1. The lowest BCUT2D eigenvalue weighted by molar-refractivity contribution is 0.482. The van der Waals surface area contributed by atoms with Crippen LogP contribution in [0.3, 0.4) is 0 Å². The number of nitrogens with zero attached hydrogens (tertiary/aromatic N) is 3. The fraction of sp³-hybridized carbons (Fsp3) is 0.222. The first kappa shape index (κ1) is 14.3. The molecule has 108 valence electrons. The smallest absolute Gasteiger partial charge is 0.244 e. The average molecular weight is 304 g/mol. The Hall–Kier alpha value is -2.14. The van der Waals surface area contributed by atoms with Crippen molar-refractivity contribution in [2.75, 3.05) is 5.73 Å². The van der Waals surface area contributed by atoms with Crippen LogP contribution in [0, 0.1) is 11.6 Å². The number of tetrazole rings is 1. The summed E-state index contributed by atoms with van der Waals surface area (Å²) in [5, 5.41) is 12.6. The molecule has 0 saturated heterocycles. The summed E-state index contributed by atoms with van der Waals surface area (Å²) in [6.45, 7) is 1.42. The van der Waals surface area contributed by atoms with Crippen LogP contribution < -0.4 is 10.5 Å². The summed E-state index contributed by atoms with van der Waals surface area (Å²) < 4.78 is 52.9. The van der Waals surface area contributed by atoms with E-state index in [-0.39, 0.29) is 11.5 Å². The number of benzene rings is 1. The van der Waals surface area contributed by atoms with Crippen molar-refractivity contribution >= 4 is 15.7 Å². The molecule has 0 fully saturated rings. The zero-order valence-electron chi connectivity index (χ0n) is 10.1. The van der Waals surface area contributed by atoms with Gasteiger partial charge in [0.15, 0.2) is 17.5 Å². The molecule has 1 aromatic heterocycles. The molecule has 0 spiro atoms. The molecule has 8 nitrogen and oxygen atoms in total. The highest BCUT2D eigenvalue weighted by Crippen LogP contribution is 2.22. The van der Waals surface area contributed by atoms with E-state index in [0.29, 0.717) is 6.07 Å². The maximum Gasteiger partial charge on any atom is 0.244 e. The molecule has 20 heavy (non-hydrogen) atoms. The zero-order chi connectivity index (χ0) is 14.9. The third-order valence-electron chi connectivity index (χ3n) is 2.39. The van der Waals surface area contributed by atoms with Gasteiger partial charge in [-0.05, 0) is 19.1 Å². The Bertz CT molecular complexity index is 718. The quantitative estimate of drug-likeness (QED) is 0.688. The lowest BCUT2D eigenvalue weighted by atomic mass is 10.3. The van der Waals surface area contributed by atoms with Crippen molar-refractivity contribution in [3.05, 3.63) is 29.6 Å². The average Bonchev–Trinajstić information content (AvgIpc) is 2.86. The molecule has 1 aromatic carbocycles. The van der Waals surface area contributed by atoms with Gasteiger partial charge in [-0.3, -0.25) is 0 Å². The van der Waals surface area contributed by atoms with E-state index in [9.17, 15) is 17.2 Å². The zero-order valence-corrected chi connectivity index (χ0v) is 10.9. The minimum atomic E-state index is -4.33. The second kappa shape index (κ2) is 5.09. The van der Waals surface area contributed by atoms with E-state index >= 15 is 0 Å². The third-order valence-corrected chi connectivity index (χ3v) is 3.93. The summed E-state index contributed by atoms with van der Waals surface area (Å²) in [6.07, 6.45) is 0. The standard InChI is InChI=1S/C9H10F2N6O2S/c1-4(9-13-16-17-14-9)15-20(18,19)7-3-5(12)2-6(10)8(7)11/h2-4,15H,12H2,1H3,(H,13,14,16,17). The van der Waals surface area contributed by atoms with Crippen molar-refractivity contribution in [2.24, 2.45) is 0 Å². The maximum absolute atomic E-state index is 13.6. The molecule has 0 aliphatic heterocycles. The van der Waals surface area contributed by atoms with Crippen LogP contribution in [0.5, 0.6) is 0 Å². The van der Waals surface area contributed by atoms with Gasteiger partial charge < -0.3 is 5.73 Å². The molecule has 0 aliphatic rings. The number of aromatic nitrogens is 4. The van der Waals surface area contributed by atoms with E-state index in [2.05, 4.69) is 25.3 Å². The summed E-state index contributed by atoms with van der Waals surface area (Å²) in [7, 11) is -4.33. The highest BCUT2D eigenvalue weighted by Gasteiger charge is 2.26. The Kier molecular flexibility index (Phi) is 3.63. The number of sulfonamides is 1. The van der Waals surface area contributed by atoms with Crippen molar-refractivity contribution in [3.8, 4) is 0 Å². The van der Waals surface area contributed by atoms with E-state index in [4.69, 9.17) is 5.73 Å². The number of halogens is 2. The molecule has 0 aliphatic carbocycles. The summed E-state index contributed by atoms with van der Waals surface area (Å²) in [5.74, 6) is -2.80. The fourth-order valence-corrected chi connectivity index (χ4v) is 2.80. The van der Waals surface area contributed by atoms with Gasteiger partial charge in [0.25, 0.3) is 0 Å². The molecule has 0 bridgehead atoms. The van der Waals surface area contributed by atoms with Gasteiger partial charge in [-0.15, -0.1) is 10.2 Å². The summed E-state index contributed by atoms with van der Waals surface area (Å²) in [6, 6.07) is 0.628. The molecule has 1 unspecified atom stereocenters. The first-order valence-corrected chi connectivity index (χ1v) is 6.80. The molecule has 1 atom stereocenters. The predicted molar refractivity (Wildman–Crippen MR) is 63.7 cm³/mol. The highest BCUT2D eigenvalue weighted by molar-refractivity contribution is 7.89. The second-order valence-electron chi connectivity index (χ2n) is 3.93. The first-order chi connectivity index (χ1) is 9.31. The van der Waals surface area contributed by atoms with E-state index in [1.807, 2.05) is 0 Å². The molecule has 0 radical (unpaired) electrons. The highest BCUT2D eigenvalue weighted by atomic mass is 32.2. The molecule has 2 aromatic rings. The molecular weight excluding hydrogens is 294 g/mol. The predicted octanol–water partition coefficient (Wildman–Crippen LogP) is 0.0996. The summed E-state index contributed by atoms with van der Waals surface area (Å²) in [4.78, 5) is -0.884. The van der Waals surface area contributed by atoms with Crippen LogP contribution in [0.1, 0.15) is 18.8 Å². The number of H-pyrrole nitrogens is 1. The van der Waals surface area contributed by atoms with Gasteiger partial charge in [-0.25, -0.2) is 21.9 Å². The molecule has 1 heterocycles. The lowest BCUT2D eigenvalue weighted by Crippen LogP contribution is -2.28. The van der Waals surface area contributed by atoms with E-state index < -0.39 is 32.6 Å². The Labute approximate surface area is 112 Å². The molecule has 0 amide bonds. The number of rotatable bonds is 4. The van der Waals surface area contributed by atoms with Gasteiger partial charge in [0.05, 0.1) is 6.04 Å². The van der Waals surface area contributed by atoms with E-state index in [1.165, 1.54) is 6.92 Å². The van der Waals surface area contributed by atoms with Crippen LogP contribution in [-0.2, 0) is 10.0 Å². The molecule has 11 heteroatoms. The number of nitrogen functional groups attached to an aromatic ring is 1. The van der Waals surface area contributed by atoms with E-state index in [1.54, 1.807) is 0 Å². The molecule has 2 rings (SSSR count). The van der Waals surface area contributed by atoms with Crippen LogP contribution in [0.2, 0.25) is 0 Å². The fourth-order valence-electron chi connectivity index (χ4n) is 1.48. The normalized spacial score (nSPS) is 13.3. The summed E-state index contributed by atoms with van der Waals surface area (Å²) >= 11 is 0. The Morgan fingerprint density at radius 1 is 1.40 bits per heavy atom. The molecule has 0 saturated carbocycles. The number of hydrogen-bond donors (Lipinski definition) is 3. The van der Waals surface area contributed by atoms with Gasteiger partial charge in [-0.1, -0.05) is 5.21 Å². The Balaban J connectivity index is 2.36. The Morgan fingerprint density at radius 2 is 2.10 bits per heavy atom. The van der Waals surface area contributed by atoms with E-state index in [0.717, 1.165) is 6.07 Å². The Morgan fingerprint density at radius 3 is 2.70 bits per heavy atom. The van der Waals surface area contributed by atoms with Crippen LogP contribution in [0.25, 0.3) is 0 Å². The topological polar surface area (TPSA) is 127 Å². The summed E-state index contributed by atoms with van der Waals surface area (Å²) in [5.41, 5.74) is 5.10. The lowest BCUT2D eigenvalue weighted by Gasteiger charge is -2.12. The SMILES string of the molecule is CC(NS(=O)(=O)c1cc(N)cc(F)c1F)c1nn[nH]n1. The van der Waals surface area contributed by atoms with Crippen LogP contribution in [0.4, 0.5) is 14.5 Å². The minimum Gasteiger partial charge on any atom is -0.399 e. The van der Waals surface area contributed by atoms with Crippen molar-refractivity contribution in [2.45, 2.75) is 17.9 Å². The van der Waals surface area contributed by atoms with Gasteiger partial charge in [0, 0.05) is 5.69 Å². The van der Waals surface area contributed by atoms with Crippen molar-refractivity contribution < 1.29 is 17.2 Å². The third kappa shape index (κ3) is 2.72. The first-order valence-electron chi connectivity index (χ1n) is 5.31.